The van der Waals surface area contributed by atoms with Crippen LogP contribution in [0, 0.1) is 0 Å². The van der Waals surface area contributed by atoms with Crippen molar-refractivity contribution in [2.24, 2.45) is 0 Å². The van der Waals surface area contributed by atoms with E-state index < -0.39 is 21.8 Å². The summed E-state index contributed by atoms with van der Waals surface area (Å²) in [6.07, 6.45) is 0. The molecule has 1 aromatic rings. The van der Waals surface area contributed by atoms with Gasteiger partial charge in [-0.15, -0.1) is 0 Å². The lowest BCUT2D eigenvalue weighted by Crippen LogP contribution is -2.32. The molecule has 19 heavy (non-hydrogen) atoms. The molecule has 1 amide bonds. The number of amides is 1. The normalized spacial score (nSPS) is 10.8. The molecule has 1 rings (SSSR count). The third-order valence-electron chi connectivity index (χ3n) is 2.09. The first-order valence-corrected chi connectivity index (χ1v) is 7.00. The monoisotopic (exact) mass is 289 g/mol. The molecule has 0 saturated carbocycles. The lowest BCUT2D eigenvalue weighted by molar-refractivity contribution is -0.122. The van der Waals surface area contributed by atoms with Crippen LogP contribution in [0.1, 0.15) is 0 Å². The van der Waals surface area contributed by atoms with Crippen molar-refractivity contribution in [2.75, 3.05) is 26.0 Å². The second-order valence-corrected chi connectivity index (χ2v) is 5.18. The van der Waals surface area contributed by atoms with Gasteiger partial charge in [0.2, 0.25) is 0 Å². The van der Waals surface area contributed by atoms with Crippen LogP contribution in [0.25, 0.3) is 0 Å². The largest absolute Gasteiger partial charge is 0.497 e. The first-order chi connectivity index (χ1) is 8.90. The molecule has 0 fully saturated rings. The van der Waals surface area contributed by atoms with Crippen LogP contribution in [0.3, 0.4) is 0 Å². The van der Waals surface area contributed by atoms with Crippen molar-refractivity contribution >= 4 is 16.0 Å². The van der Waals surface area contributed by atoms with Crippen LogP contribution in [0.4, 0.5) is 0 Å². The second kappa shape index (κ2) is 6.95. The fourth-order valence-electron chi connectivity index (χ4n) is 1.21. The molecule has 0 heterocycles. The summed E-state index contributed by atoms with van der Waals surface area (Å²) >= 11 is 0. The lowest BCUT2D eigenvalue weighted by Gasteiger charge is -2.08. The zero-order chi connectivity index (χ0) is 14.3. The summed E-state index contributed by atoms with van der Waals surface area (Å²) in [5.41, 5.74) is 0. The first-order valence-electron chi connectivity index (χ1n) is 5.39. The molecule has 106 valence electrons. The van der Waals surface area contributed by atoms with Crippen LogP contribution in [0.2, 0.25) is 0 Å². The van der Waals surface area contributed by atoms with Crippen molar-refractivity contribution in [3.8, 4) is 11.5 Å². The molecule has 0 aliphatic carbocycles. The summed E-state index contributed by atoms with van der Waals surface area (Å²) in [6, 6.07) is 6.73. The Morgan fingerprint density at radius 2 is 2.05 bits per heavy atom. The molecule has 1 aromatic carbocycles. The molecular weight excluding hydrogens is 274 g/mol. The highest BCUT2D eigenvalue weighted by Gasteiger charge is 2.07. The number of carbonyl (C=O) groups excluding carboxylic acids is 1. The molecule has 2 N–H and O–H groups in total. The van der Waals surface area contributed by atoms with E-state index in [1.54, 1.807) is 24.3 Å². The summed E-state index contributed by atoms with van der Waals surface area (Å²) in [4.78, 5) is 11.3. The third kappa shape index (κ3) is 6.63. The zero-order valence-electron chi connectivity index (χ0n) is 10.3. The topological polar surface area (TPSA) is 102 Å². The van der Waals surface area contributed by atoms with Crippen molar-refractivity contribution < 1.29 is 27.2 Å². The van der Waals surface area contributed by atoms with Gasteiger partial charge >= 0.3 is 0 Å². The number of rotatable bonds is 7. The van der Waals surface area contributed by atoms with E-state index in [9.17, 15) is 13.2 Å². The highest BCUT2D eigenvalue weighted by Crippen LogP contribution is 2.18. The molecule has 7 nitrogen and oxygen atoms in total. The maximum Gasteiger partial charge on any atom is 0.266 e. The van der Waals surface area contributed by atoms with Gasteiger partial charge in [-0.2, -0.15) is 8.42 Å². The molecule has 0 aliphatic rings. The van der Waals surface area contributed by atoms with Crippen LogP contribution >= 0.6 is 0 Å². The van der Waals surface area contributed by atoms with Gasteiger partial charge in [-0.3, -0.25) is 9.35 Å². The van der Waals surface area contributed by atoms with E-state index in [4.69, 9.17) is 14.0 Å². The molecule has 0 atom stereocenters. The predicted octanol–water partition coefficient (Wildman–Crippen LogP) is 0.0780. The van der Waals surface area contributed by atoms with Gasteiger partial charge in [0, 0.05) is 12.6 Å². The minimum Gasteiger partial charge on any atom is -0.497 e. The Morgan fingerprint density at radius 1 is 1.37 bits per heavy atom. The van der Waals surface area contributed by atoms with Gasteiger partial charge in [0.15, 0.2) is 6.61 Å². The fourth-order valence-corrected chi connectivity index (χ4v) is 1.57. The number of benzene rings is 1. The van der Waals surface area contributed by atoms with Crippen LogP contribution in [-0.4, -0.2) is 44.9 Å². The van der Waals surface area contributed by atoms with Gasteiger partial charge in [-0.25, -0.2) is 0 Å². The number of methoxy groups -OCH3 is 1. The van der Waals surface area contributed by atoms with E-state index in [0.29, 0.717) is 11.5 Å². The molecule has 8 heteroatoms. The highest BCUT2D eigenvalue weighted by molar-refractivity contribution is 7.85. The number of carbonyl (C=O) groups is 1. The molecule has 0 bridgehead atoms. The van der Waals surface area contributed by atoms with Crippen molar-refractivity contribution in [3.05, 3.63) is 24.3 Å². The summed E-state index contributed by atoms with van der Waals surface area (Å²) < 4.78 is 39.5. The fraction of sp³-hybridized carbons (Fsp3) is 0.364. The van der Waals surface area contributed by atoms with Crippen molar-refractivity contribution in [1.29, 1.82) is 0 Å². The van der Waals surface area contributed by atoms with Crippen LogP contribution < -0.4 is 14.8 Å². The number of ether oxygens (including phenoxy) is 2. The van der Waals surface area contributed by atoms with Gasteiger partial charge in [0.1, 0.15) is 11.5 Å². The molecule has 0 radical (unpaired) electrons. The summed E-state index contributed by atoms with van der Waals surface area (Å²) in [7, 11) is -2.55. The first kappa shape index (κ1) is 15.3. The smallest absolute Gasteiger partial charge is 0.266 e. The maximum absolute atomic E-state index is 11.3. The van der Waals surface area contributed by atoms with Gasteiger partial charge in [-0.1, -0.05) is 6.07 Å². The molecule has 0 saturated heterocycles. The van der Waals surface area contributed by atoms with E-state index in [1.807, 2.05) is 0 Å². The summed E-state index contributed by atoms with van der Waals surface area (Å²) in [6.45, 7) is -0.419. The lowest BCUT2D eigenvalue weighted by atomic mass is 10.3. The Hall–Kier alpha value is -1.80. The number of hydrogen-bond acceptors (Lipinski definition) is 5. The predicted molar refractivity (Wildman–Crippen MR) is 67.9 cm³/mol. The van der Waals surface area contributed by atoms with E-state index in [2.05, 4.69) is 5.32 Å². The van der Waals surface area contributed by atoms with Gasteiger partial charge in [-0.05, 0) is 12.1 Å². The minimum absolute atomic E-state index is 0.168. The summed E-state index contributed by atoms with van der Waals surface area (Å²) in [5.74, 6) is 0.0535. The molecule has 0 aromatic heterocycles. The zero-order valence-corrected chi connectivity index (χ0v) is 11.1. The standard InChI is InChI=1S/C11H15NO6S/c1-17-9-3-2-4-10(7-9)18-8-11(13)12-5-6-19(14,15)16/h2-4,7H,5-6,8H2,1H3,(H,12,13)(H,14,15,16). The van der Waals surface area contributed by atoms with E-state index >= 15 is 0 Å². The Kier molecular flexibility index (Phi) is 5.58. The SMILES string of the molecule is COc1cccc(OCC(=O)NCCS(=O)(=O)O)c1. The van der Waals surface area contributed by atoms with E-state index in [1.165, 1.54) is 7.11 Å². The van der Waals surface area contributed by atoms with Crippen LogP contribution in [0.5, 0.6) is 11.5 Å². The van der Waals surface area contributed by atoms with Crippen molar-refractivity contribution in [2.45, 2.75) is 0 Å². The number of nitrogens with one attached hydrogen (secondary N) is 1. The van der Waals surface area contributed by atoms with Crippen LogP contribution in [-0.2, 0) is 14.9 Å². The quantitative estimate of drug-likeness (QED) is 0.689. The maximum atomic E-state index is 11.3. The van der Waals surface area contributed by atoms with Crippen molar-refractivity contribution in [3.63, 3.8) is 0 Å². The van der Waals surface area contributed by atoms with Crippen LogP contribution in [0.15, 0.2) is 24.3 Å². The molecule has 0 unspecified atom stereocenters. The molecule has 0 aliphatic heterocycles. The van der Waals surface area contributed by atoms with Gasteiger partial charge < -0.3 is 14.8 Å². The van der Waals surface area contributed by atoms with E-state index in [-0.39, 0.29) is 13.2 Å². The van der Waals surface area contributed by atoms with Gasteiger partial charge in [0.05, 0.1) is 12.9 Å². The summed E-state index contributed by atoms with van der Waals surface area (Å²) in [5, 5.41) is 2.30. The minimum atomic E-state index is -4.07. The van der Waals surface area contributed by atoms with Gasteiger partial charge in [0.25, 0.3) is 16.0 Å². The highest BCUT2D eigenvalue weighted by atomic mass is 32.2. The number of hydrogen-bond donors (Lipinski definition) is 2. The Labute approximate surface area is 111 Å². The van der Waals surface area contributed by atoms with Crippen molar-refractivity contribution in [1.82, 2.24) is 5.32 Å². The molecule has 0 spiro atoms. The average Bonchev–Trinajstić information content (AvgIpc) is 2.35. The van der Waals surface area contributed by atoms with E-state index in [0.717, 1.165) is 0 Å². The second-order valence-electron chi connectivity index (χ2n) is 3.60. The Bertz CT molecular complexity index is 528. The average molecular weight is 289 g/mol. The Balaban J connectivity index is 2.33. The Morgan fingerprint density at radius 3 is 2.68 bits per heavy atom. The third-order valence-corrected chi connectivity index (χ3v) is 2.81. The molecular formula is C11H15NO6S.